The highest BCUT2D eigenvalue weighted by atomic mass is 79.9. The number of rotatable bonds is 9. The zero-order chi connectivity index (χ0) is 28.7. The van der Waals surface area contributed by atoms with E-state index in [0.29, 0.717) is 22.6 Å². The Bertz CT molecular complexity index is 1620. The number of hydrogen-bond acceptors (Lipinski definition) is 5. The molecule has 204 valence electrons. The molecule has 2 amide bonds. The van der Waals surface area contributed by atoms with E-state index in [-0.39, 0.29) is 10.8 Å². The van der Waals surface area contributed by atoms with E-state index < -0.39 is 22.5 Å². The summed E-state index contributed by atoms with van der Waals surface area (Å²) in [6, 6.07) is 29.0. The van der Waals surface area contributed by atoms with Crippen LogP contribution in [0.15, 0.2) is 118 Å². The molecule has 0 unspecified atom stereocenters. The minimum absolute atomic E-state index is 0.0768. The van der Waals surface area contributed by atoms with Gasteiger partial charge in [0.1, 0.15) is 6.54 Å². The molecule has 0 aliphatic rings. The molecule has 0 heterocycles. The molecule has 0 aromatic heterocycles. The van der Waals surface area contributed by atoms with Crippen LogP contribution in [0.25, 0.3) is 0 Å². The van der Waals surface area contributed by atoms with Crippen LogP contribution in [0.2, 0.25) is 0 Å². The number of halogens is 1. The number of hydrazone groups is 1. The highest BCUT2D eigenvalue weighted by molar-refractivity contribution is 9.10. The molecule has 0 atom stereocenters. The molecule has 0 aliphatic heterocycles. The van der Waals surface area contributed by atoms with Crippen molar-refractivity contribution in [2.75, 3.05) is 16.2 Å². The third-order valence-electron chi connectivity index (χ3n) is 5.96. The quantitative estimate of drug-likeness (QED) is 0.184. The summed E-state index contributed by atoms with van der Waals surface area (Å²) in [5.74, 6) is -0.827. The van der Waals surface area contributed by atoms with Crippen molar-refractivity contribution in [3.63, 3.8) is 0 Å². The van der Waals surface area contributed by atoms with Crippen molar-refractivity contribution in [3.8, 4) is 0 Å². The Morgan fingerprint density at radius 1 is 0.825 bits per heavy atom. The molecule has 4 rings (SSSR count). The summed E-state index contributed by atoms with van der Waals surface area (Å²) >= 11 is 3.35. The van der Waals surface area contributed by atoms with Gasteiger partial charge in [0, 0.05) is 15.7 Å². The Morgan fingerprint density at radius 2 is 1.45 bits per heavy atom. The maximum atomic E-state index is 13.5. The second kappa shape index (κ2) is 12.7. The van der Waals surface area contributed by atoms with E-state index in [4.69, 9.17) is 0 Å². The van der Waals surface area contributed by atoms with E-state index in [1.54, 1.807) is 91.9 Å². The lowest BCUT2D eigenvalue weighted by atomic mass is 10.1. The van der Waals surface area contributed by atoms with Gasteiger partial charge in [-0.25, -0.2) is 13.8 Å². The molecule has 0 bridgehead atoms. The van der Waals surface area contributed by atoms with Crippen molar-refractivity contribution in [2.45, 2.75) is 18.7 Å². The average Bonchev–Trinajstić information content (AvgIpc) is 2.96. The van der Waals surface area contributed by atoms with E-state index in [2.05, 4.69) is 31.8 Å². The topological polar surface area (TPSA) is 108 Å². The maximum Gasteiger partial charge on any atom is 0.264 e. The van der Waals surface area contributed by atoms with Crippen molar-refractivity contribution in [3.05, 3.63) is 124 Å². The van der Waals surface area contributed by atoms with Crippen molar-refractivity contribution < 1.29 is 18.0 Å². The maximum absolute atomic E-state index is 13.5. The molecule has 40 heavy (non-hydrogen) atoms. The van der Waals surface area contributed by atoms with E-state index in [9.17, 15) is 18.0 Å². The molecule has 4 aromatic carbocycles. The fourth-order valence-corrected chi connectivity index (χ4v) is 5.41. The Kier molecular flexibility index (Phi) is 9.13. The van der Waals surface area contributed by atoms with Gasteiger partial charge in [0.15, 0.2) is 0 Å². The molecule has 4 aromatic rings. The number of hydrogen-bond donors (Lipinski definition) is 2. The van der Waals surface area contributed by atoms with Gasteiger partial charge in [0.05, 0.1) is 16.3 Å². The second-order valence-electron chi connectivity index (χ2n) is 8.93. The van der Waals surface area contributed by atoms with Crippen LogP contribution in [-0.4, -0.2) is 32.5 Å². The molecule has 0 aliphatic carbocycles. The van der Waals surface area contributed by atoms with Crippen LogP contribution in [-0.2, 0) is 14.8 Å². The molecule has 2 N–H and O–H groups in total. The third kappa shape index (κ3) is 7.22. The Hall–Kier alpha value is -4.28. The monoisotopic (exact) mass is 618 g/mol. The van der Waals surface area contributed by atoms with E-state index in [1.807, 2.05) is 13.0 Å². The third-order valence-corrected chi connectivity index (χ3v) is 8.27. The van der Waals surface area contributed by atoms with Crippen molar-refractivity contribution in [2.24, 2.45) is 5.10 Å². The average molecular weight is 620 g/mol. The van der Waals surface area contributed by atoms with Gasteiger partial charge in [-0.05, 0) is 80.1 Å². The van der Waals surface area contributed by atoms with Crippen LogP contribution in [0.4, 0.5) is 11.4 Å². The minimum Gasteiger partial charge on any atom is -0.322 e. The Labute approximate surface area is 241 Å². The number of nitrogens with one attached hydrogen (secondary N) is 2. The number of carbonyl (C=O) groups is 2. The largest absolute Gasteiger partial charge is 0.322 e. The van der Waals surface area contributed by atoms with Gasteiger partial charge in [-0.1, -0.05) is 64.0 Å². The summed E-state index contributed by atoms with van der Waals surface area (Å²) in [7, 11) is -4.03. The number of aryl methyl sites for hydroxylation is 1. The predicted molar refractivity (Wildman–Crippen MR) is 161 cm³/mol. The molecular weight excluding hydrogens is 592 g/mol. The smallest absolute Gasteiger partial charge is 0.264 e. The molecule has 8 nitrogen and oxygen atoms in total. The lowest BCUT2D eigenvalue weighted by Gasteiger charge is -2.24. The van der Waals surface area contributed by atoms with Crippen molar-refractivity contribution in [1.82, 2.24) is 5.43 Å². The van der Waals surface area contributed by atoms with E-state index >= 15 is 0 Å². The van der Waals surface area contributed by atoms with Gasteiger partial charge in [0.25, 0.3) is 21.8 Å². The minimum atomic E-state index is -4.03. The number of anilines is 2. The predicted octanol–water partition coefficient (Wildman–Crippen LogP) is 5.75. The number of carbonyl (C=O) groups excluding carboxylic acids is 2. The summed E-state index contributed by atoms with van der Waals surface area (Å²) in [4.78, 5) is 25.3. The summed E-state index contributed by atoms with van der Waals surface area (Å²) in [5, 5.41) is 6.99. The van der Waals surface area contributed by atoms with Gasteiger partial charge in [-0.15, -0.1) is 0 Å². The molecule has 0 spiro atoms. The van der Waals surface area contributed by atoms with E-state index in [0.717, 1.165) is 19.9 Å². The van der Waals surface area contributed by atoms with Crippen LogP contribution in [0.3, 0.4) is 0 Å². The fraction of sp³-hybridized carbons (Fsp3) is 0.100. The van der Waals surface area contributed by atoms with Crippen molar-refractivity contribution >= 4 is 54.9 Å². The number of nitrogens with zero attached hydrogens (tertiary/aromatic N) is 2. The van der Waals surface area contributed by atoms with Gasteiger partial charge < -0.3 is 5.32 Å². The highest BCUT2D eigenvalue weighted by Gasteiger charge is 2.27. The first-order valence-electron chi connectivity index (χ1n) is 12.3. The SMILES string of the molecule is C/C(=N/NC(=O)CN(c1ccc(Br)cc1)S(=O)(=O)c1ccc(C)cc1)c1ccc(NC(=O)c2ccccc2)cc1. The number of sulfonamides is 1. The summed E-state index contributed by atoms with van der Waals surface area (Å²) in [6.45, 7) is 3.11. The zero-order valence-corrected chi connectivity index (χ0v) is 24.2. The Balaban J connectivity index is 1.46. The van der Waals surface area contributed by atoms with Crippen LogP contribution in [0.1, 0.15) is 28.4 Å². The Morgan fingerprint density at radius 3 is 2.08 bits per heavy atom. The van der Waals surface area contributed by atoms with E-state index in [1.165, 1.54) is 12.1 Å². The van der Waals surface area contributed by atoms with Crippen molar-refractivity contribution in [1.29, 1.82) is 0 Å². The molecular formula is C30H27BrN4O4S. The second-order valence-corrected chi connectivity index (χ2v) is 11.7. The molecule has 0 radical (unpaired) electrons. The van der Waals surface area contributed by atoms with Crippen LogP contribution >= 0.6 is 15.9 Å². The van der Waals surface area contributed by atoms with Crippen LogP contribution in [0.5, 0.6) is 0 Å². The summed E-state index contributed by atoms with van der Waals surface area (Å²) < 4.78 is 28.8. The normalized spacial score (nSPS) is 11.5. The molecule has 0 saturated heterocycles. The lowest BCUT2D eigenvalue weighted by Crippen LogP contribution is -2.39. The molecule has 0 saturated carbocycles. The lowest BCUT2D eigenvalue weighted by molar-refractivity contribution is -0.119. The number of amides is 2. The molecule has 10 heteroatoms. The van der Waals surface area contributed by atoms with Gasteiger partial charge >= 0.3 is 0 Å². The van der Waals surface area contributed by atoms with Gasteiger partial charge in [-0.3, -0.25) is 13.9 Å². The summed E-state index contributed by atoms with van der Waals surface area (Å²) in [5.41, 5.74) is 6.10. The summed E-state index contributed by atoms with van der Waals surface area (Å²) in [6.07, 6.45) is 0. The highest BCUT2D eigenvalue weighted by Crippen LogP contribution is 2.25. The molecule has 0 fully saturated rings. The van der Waals surface area contributed by atoms with Crippen LogP contribution < -0.4 is 15.0 Å². The number of benzene rings is 4. The van der Waals surface area contributed by atoms with Crippen LogP contribution in [0, 0.1) is 6.92 Å². The first-order chi connectivity index (χ1) is 19.1. The fourth-order valence-electron chi connectivity index (χ4n) is 3.72. The van der Waals surface area contributed by atoms with Gasteiger partial charge in [0.2, 0.25) is 0 Å². The zero-order valence-electron chi connectivity index (χ0n) is 21.8. The van der Waals surface area contributed by atoms with Gasteiger partial charge in [-0.2, -0.15) is 5.10 Å². The first kappa shape index (κ1) is 28.7. The first-order valence-corrected chi connectivity index (χ1v) is 14.5. The standard InChI is InChI=1S/C30H27BrN4O4S/c1-21-8-18-28(19-9-21)40(38,39)35(27-16-12-25(31)13-17-27)20-29(36)34-33-22(2)23-10-14-26(15-11-23)32-30(37)24-6-4-3-5-7-24/h3-19H,20H2,1-2H3,(H,32,37)(H,34,36)/b33-22-.